The molecular weight excluding hydrogens is 234 g/mol. The van der Waals surface area contributed by atoms with E-state index in [0.29, 0.717) is 0 Å². The molecule has 1 atom stereocenters. The topological polar surface area (TPSA) is 29.9 Å². The molecule has 2 aromatic rings. The summed E-state index contributed by atoms with van der Waals surface area (Å²) in [5.74, 6) is 0. The van der Waals surface area contributed by atoms with Crippen LogP contribution < -0.4 is 5.32 Å². The Bertz CT molecular complexity index is 490. The van der Waals surface area contributed by atoms with Gasteiger partial charge in [-0.05, 0) is 26.0 Å². The van der Waals surface area contributed by atoms with Crippen LogP contribution >= 0.6 is 11.6 Å². The van der Waals surface area contributed by atoms with Crippen LogP contribution in [0.15, 0.2) is 24.3 Å². The van der Waals surface area contributed by atoms with E-state index in [1.807, 2.05) is 30.8 Å². The Balaban J connectivity index is 2.04. The van der Waals surface area contributed by atoms with Gasteiger partial charge in [-0.15, -0.1) is 11.6 Å². The summed E-state index contributed by atoms with van der Waals surface area (Å²) in [4.78, 5) is 0. The number of nitrogens with zero attached hydrogens (tertiary/aromatic N) is 2. The number of rotatable bonds is 5. The van der Waals surface area contributed by atoms with Gasteiger partial charge in [0, 0.05) is 24.4 Å². The molecule has 1 N–H and O–H groups in total. The SMILES string of the molecule is CC(Cl)CCNCc1nn(C)c2ccccc12. The zero-order chi connectivity index (χ0) is 12.3. The number of para-hydroxylation sites is 1. The molecule has 4 heteroatoms. The average molecular weight is 252 g/mol. The summed E-state index contributed by atoms with van der Waals surface area (Å²) in [6.07, 6.45) is 0.978. The lowest BCUT2D eigenvalue weighted by molar-refractivity contribution is 0.628. The van der Waals surface area contributed by atoms with Crippen molar-refractivity contribution in [1.82, 2.24) is 15.1 Å². The van der Waals surface area contributed by atoms with Crippen LogP contribution in [0.4, 0.5) is 0 Å². The van der Waals surface area contributed by atoms with Crippen molar-refractivity contribution in [3.63, 3.8) is 0 Å². The predicted octanol–water partition coefficient (Wildman–Crippen LogP) is 2.68. The number of fused-ring (bicyclic) bond motifs is 1. The largest absolute Gasteiger partial charge is 0.311 e. The molecule has 17 heavy (non-hydrogen) atoms. The number of alkyl halides is 1. The molecule has 0 aliphatic heterocycles. The predicted molar refractivity (Wildman–Crippen MR) is 72.4 cm³/mol. The van der Waals surface area contributed by atoms with Crippen molar-refractivity contribution in [1.29, 1.82) is 0 Å². The smallest absolute Gasteiger partial charge is 0.0841 e. The van der Waals surface area contributed by atoms with Crippen LogP contribution in [0.1, 0.15) is 19.0 Å². The first-order valence-corrected chi connectivity index (χ1v) is 6.37. The molecule has 1 unspecified atom stereocenters. The average Bonchev–Trinajstić information content (AvgIpc) is 2.63. The lowest BCUT2D eigenvalue weighted by Crippen LogP contribution is -2.17. The molecule has 1 heterocycles. The number of hydrogen-bond donors (Lipinski definition) is 1. The lowest BCUT2D eigenvalue weighted by atomic mass is 10.2. The van der Waals surface area contributed by atoms with Gasteiger partial charge < -0.3 is 5.32 Å². The van der Waals surface area contributed by atoms with E-state index in [1.54, 1.807) is 0 Å². The molecule has 0 saturated carbocycles. The number of hydrogen-bond acceptors (Lipinski definition) is 2. The van der Waals surface area contributed by atoms with E-state index < -0.39 is 0 Å². The van der Waals surface area contributed by atoms with E-state index in [9.17, 15) is 0 Å². The summed E-state index contributed by atoms with van der Waals surface area (Å²) in [5.41, 5.74) is 2.28. The van der Waals surface area contributed by atoms with Crippen LogP contribution in [0.25, 0.3) is 10.9 Å². The van der Waals surface area contributed by atoms with Gasteiger partial charge in [0.05, 0.1) is 11.2 Å². The van der Waals surface area contributed by atoms with E-state index in [-0.39, 0.29) is 5.38 Å². The Morgan fingerprint density at radius 1 is 1.41 bits per heavy atom. The summed E-state index contributed by atoms with van der Waals surface area (Å²) in [6.45, 7) is 3.74. The van der Waals surface area contributed by atoms with Gasteiger partial charge in [-0.2, -0.15) is 5.10 Å². The van der Waals surface area contributed by atoms with Crippen molar-refractivity contribution in [3.8, 4) is 0 Å². The van der Waals surface area contributed by atoms with Gasteiger partial charge in [0.15, 0.2) is 0 Å². The monoisotopic (exact) mass is 251 g/mol. The fourth-order valence-corrected chi connectivity index (χ4v) is 2.04. The Morgan fingerprint density at radius 2 is 2.18 bits per heavy atom. The standard InChI is InChI=1S/C13H18ClN3/c1-10(14)7-8-15-9-12-11-5-3-4-6-13(11)17(2)16-12/h3-6,10,15H,7-9H2,1-2H3. The highest BCUT2D eigenvalue weighted by Gasteiger charge is 2.06. The Morgan fingerprint density at radius 3 is 2.94 bits per heavy atom. The molecule has 0 spiro atoms. The van der Waals surface area contributed by atoms with Crippen molar-refractivity contribution < 1.29 is 0 Å². The molecule has 0 radical (unpaired) electrons. The van der Waals surface area contributed by atoms with Gasteiger partial charge in [0.2, 0.25) is 0 Å². The second kappa shape index (κ2) is 5.52. The molecule has 0 amide bonds. The first kappa shape index (κ1) is 12.4. The highest BCUT2D eigenvalue weighted by atomic mass is 35.5. The minimum atomic E-state index is 0.225. The number of aryl methyl sites for hydroxylation is 1. The second-order valence-corrected chi connectivity index (χ2v) is 5.08. The first-order chi connectivity index (χ1) is 8.18. The number of halogens is 1. The molecule has 0 saturated heterocycles. The minimum absolute atomic E-state index is 0.225. The maximum atomic E-state index is 5.90. The molecule has 0 fully saturated rings. The summed E-state index contributed by atoms with van der Waals surface area (Å²) in [7, 11) is 1.98. The maximum absolute atomic E-state index is 5.90. The zero-order valence-electron chi connectivity index (χ0n) is 10.3. The number of benzene rings is 1. The molecule has 92 valence electrons. The maximum Gasteiger partial charge on any atom is 0.0841 e. The molecule has 3 nitrogen and oxygen atoms in total. The van der Waals surface area contributed by atoms with Gasteiger partial charge in [-0.25, -0.2) is 0 Å². The molecule has 1 aromatic carbocycles. The van der Waals surface area contributed by atoms with Gasteiger partial charge in [-0.1, -0.05) is 18.2 Å². The highest BCUT2D eigenvalue weighted by Crippen LogP contribution is 2.16. The van der Waals surface area contributed by atoms with Crippen molar-refractivity contribution >= 4 is 22.5 Å². The van der Waals surface area contributed by atoms with Crippen LogP contribution in [-0.2, 0) is 13.6 Å². The van der Waals surface area contributed by atoms with E-state index in [1.165, 1.54) is 10.9 Å². The second-order valence-electron chi connectivity index (χ2n) is 4.33. The fraction of sp³-hybridized carbons (Fsp3) is 0.462. The summed E-state index contributed by atoms with van der Waals surface area (Å²) >= 11 is 5.90. The summed E-state index contributed by atoms with van der Waals surface area (Å²) in [6, 6.07) is 8.29. The van der Waals surface area contributed by atoms with Gasteiger partial charge in [0.1, 0.15) is 0 Å². The summed E-state index contributed by atoms with van der Waals surface area (Å²) < 4.78 is 1.93. The Kier molecular flexibility index (Phi) is 4.02. The third kappa shape index (κ3) is 2.99. The molecular formula is C13H18ClN3. The first-order valence-electron chi connectivity index (χ1n) is 5.94. The van der Waals surface area contributed by atoms with E-state index in [2.05, 4.69) is 22.5 Å². The molecule has 0 aliphatic carbocycles. The Hall–Kier alpha value is -1.06. The lowest BCUT2D eigenvalue weighted by Gasteiger charge is -2.04. The normalized spacial score (nSPS) is 13.1. The van der Waals surface area contributed by atoms with Crippen LogP contribution in [0.3, 0.4) is 0 Å². The molecule has 1 aromatic heterocycles. The molecule has 2 rings (SSSR count). The third-order valence-electron chi connectivity index (χ3n) is 2.85. The van der Waals surface area contributed by atoms with Crippen LogP contribution in [-0.4, -0.2) is 21.7 Å². The van der Waals surface area contributed by atoms with E-state index >= 15 is 0 Å². The van der Waals surface area contributed by atoms with Crippen molar-refractivity contribution in [2.75, 3.05) is 6.54 Å². The molecule has 0 bridgehead atoms. The van der Waals surface area contributed by atoms with Gasteiger partial charge in [-0.3, -0.25) is 4.68 Å². The van der Waals surface area contributed by atoms with Crippen molar-refractivity contribution in [2.45, 2.75) is 25.3 Å². The van der Waals surface area contributed by atoms with E-state index in [4.69, 9.17) is 11.6 Å². The minimum Gasteiger partial charge on any atom is -0.311 e. The third-order valence-corrected chi connectivity index (χ3v) is 3.06. The van der Waals surface area contributed by atoms with Crippen LogP contribution in [0.2, 0.25) is 0 Å². The van der Waals surface area contributed by atoms with Crippen LogP contribution in [0, 0.1) is 0 Å². The fourth-order valence-electron chi connectivity index (χ4n) is 1.93. The van der Waals surface area contributed by atoms with E-state index in [0.717, 1.165) is 25.2 Å². The van der Waals surface area contributed by atoms with Gasteiger partial charge >= 0.3 is 0 Å². The number of aromatic nitrogens is 2. The quantitative estimate of drug-likeness (QED) is 0.654. The number of nitrogens with one attached hydrogen (secondary N) is 1. The summed E-state index contributed by atoms with van der Waals surface area (Å²) in [5, 5.41) is 9.35. The zero-order valence-corrected chi connectivity index (χ0v) is 11.0. The molecule has 0 aliphatic rings. The van der Waals surface area contributed by atoms with Gasteiger partial charge in [0.25, 0.3) is 0 Å². The Labute approximate surface area is 107 Å². The van der Waals surface area contributed by atoms with Crippen LogP contribution in [0.5, 0.6) is 0 Å². The highest BCUT2D eigenvalue weighted by molar-refractivity contribution is 6.20. The van der Waals surface area contributed by atoms with Crippen molar-refractivity contribution in [3.05, 3.63) is 30.0 Å². The van der Waals surface area contributed by atoms with Crippen molar-refractivity contribution in [2.24, 2.45) is 7.05 Å².